The summed E-state index contributed by atoms with van der Waals surface area (Å²) >= 11 is 0. The van der Waals surface area contributed by atoms with E-state index in [-0.39, 0.29) is 25.0 Å². The van der Waals surface area contributed by atoms with Crippen molar-refractivity contribution in [2.24, 2.45) is 0 Å². The van der Waals surface area contributed by atoms with Crippen molar-refractivity contribution < 1.29 is 14.7 Å². The number of hydrogen-bond acceptors (Lipinski definition) is 3. The maximum atomic E-state index is 12.4. The van der Waals surface area contributed by atoms with Gasteiger partial charge in [0.25, 0.3) is 0 Å². The topological polar surface area (TPSA) is 72.9 Å². The van der Waals surface area contributed by atoms with Gasteiger partial charge in [-0.2, -0.15) is 0 Å². The van der Waals surface area contributed by atoms with Crippen molar-refractivity contribution in [2.75, 3.05) is 31.1 Å². The van der Waals surface area contributed by atoms with Crippen molar-refractivity contribution in [3.63, 3.8) is 0 Å². The second kappa shape index (κ2) is 7.46. The Morgan fingerprint density at radius 1 is 1.22 bits per heavy atom. The standard InChI is InChI=1S/C17H25N3O3/c1-12(2)14-4-6-15(7-5-14)20-9-8-19(17(20)23)11-16(22)18-10-13(3)21/h4-7,12-13,21H,8-11H2,1-3H3,(H,18,22). The maximum absolute atomic E-state index is 12.4. The van der Waals surface area contributed by atoms with Crippen LogP contribution in [0.4, 0.5) is 10.5 Å². The molecule has 0 aliphatic carbocycles. The van der Waals surface area contributed by atoms with Gasteiger partial charge in [0.2, 0.25) is 5.91 Å². The minimum absolute atomic E-state index is 0.0200. The number of nitrogens with zero attached hydrogens (tertiary/aromatic N) is 2. The number of aliphatic hydroxyl groups excluding tert-OH is 1. The number of amides is 3. The van der Waals surface area contributed by atoms with Crippen LogP contribution < -0.4 is 10.2 Å². The van der Waals surface area contributed by atoms with Gasteiger partial charge in [-0.1, -0.05) is 26.0 Å². The van der Waals surface area contributed by atoms with Crippen LogP contribution in [0.3, 0.4) is 0 Å². The SMILES string of the molecule is CC(O)CNC(=O)CN1CCN(c2ccc(C(C)C)cc2)C1=O. The summed E-state index contributed by atoms with van der Waals surface area (Å²) in [5.41, 5.74) is 2.08. The average Bonchev–Trinajstić information content (AvgIpc) is 2.86. The van der Waals surface area contributed by atoms with Crippen LogP contribution in [-0.2, 0) is 4.79 Å². The predicted octanol–water partition coefficient (Wildman–Crippen LogP) is 1.55. The fraction of sp³-hybridized carbons (Fsp3) is 0.529. The highest BCUT2D eigenvalue weighted by Crippen LogP contribution is 2.23. The Morgan fingerprint density at radius 2 is 1.87 bits per heavy atom. The Balaban J connectivity index is 1.94. The molecule has 1 aliphatic rings. The van der Waals surface area contributed by atoms with E-state index in [1.807, 2.05) is 24.3 Å². The van der Waals surface area contributed by atoms with Gasteiger partial charge >= 0.3 is 6.03 Å². The number of urea groups is 1. The van der Waals surface area contributed by atoms with Gasteiger partial charge < -0.3 is 15.3 Å². The number of anilines is 1. The Bertz CT molecular complexity index is 555. The molecule has 1 fully saturated rings. The van der Waals surface area contributed by atoms with Crippen molar-refractivity contribution in [3.8, 4) is 0 Å². The normalized spacial score (nSPS) is 16.1. The highest BCUT2D eigenvalue weighted by molar-refractivity contribution is 5.96. The van der Waals surface area contributed by atoms with Gasteiger partial charge in [-0.3, -0.25) is 9.69 Å². The molecule has 1 atom stereocenters. The van der Waals surface area contributed by atoms with Crippen LogP contribution in [0.2, 0.25) is 0 Å². The molecule has 6 heteroatoms. The summed E-state index contributed by atoms with van der Waals surface area (Å²) in [6.45, 7) is 7.17. The van der Waals surface area contributed by atoms with E-state index in [9.17, 15) is 9.59 Å². The number of carbonyl (C=O) groups excluding carboxylic acids is 2. The zero-order chi connectivity index (χ0) is 17.0. The number of nitrogens with one attached hydrogen (secondary N) is 1. The van der Waals surface area contributed by atoms with Crippen LogP contribution in [0.5, 0.6) is 0 Å². The fourth-order valence-electron chi connectivity index (χ4n) is 2.50. The lowest BCUT2D eigenvalue weighted by atomic mass is 10.0. The second-order valence-corrected chi connectivity index (χ2v) is 6.26. The molecule has 1 unspecified atom stereocenters. The largest absolute Gasteiger partial charge is 0.392 e. The van der Waals surface area contributed by atoms with Gasteiger partial charge in [0.15, 0.2) is 0 Å². The molecule has 1 heterocycles. The van der Waals surface area contributed by atoms with E-state index >= 15 is 0 Å². The quantitative estimate of drug-likeness (QED) is 0.835. The number of hydrogen-bond donors (Lipinski definition) is 2. The van der Waals surface area contributed by atoms with Gasteiger partial charge in [-0.15, -0.1) is 0 Å². The lowest BCUT2D eigenvalue weighted by molar-refractivity contribution is -0.121. The minimum Gasteiger partial charge on any atom is -0.392 e. The van der Waals surface area contributed by atoms with E-state index < -0.39 is 6.10 Å². The molecule has 0 aromatic heterocycles. The molecule has 126 valence electrons. The molecule has 0 saturated carbocycles. The third-order valence-electron chi connectivity index (χ3n) is 3.90. The van der Waals surface area contributed by atoms with Crippen molar-refractivity contribution in [3.05, 3.63) is 29.8 Å². The maximum Gasteiger partial charge on any atom is 0.325 e. The number of rotatable bonds is 6. The zero-order valence-corrected chi connectivity index (χ0v) is 14.0. The molecule has 2 rings (SSSR count). The van der Waals surface area contributed by atoms with Gasteiger partial charge in [0, 0.05) is 25.3 Å². The summed E-state index contributed by atoms with van der Waals surface area (Å²) in [5.74, 6) is 0.198. The predicted molar refractivity (Wildman–Crippen MR) is 89.5 cm³/mol. The highest BCUT2D eigenvalue weighted by Gasteiger charge is 2.30. The average molecular weight is 319 g/mol. The van der Waals surface area contributed by atoms with Crippen LogP contribution in [0.15, 0.2) is 24.3 Å². The van der Waals surface area contributed by atoms with Gasteiger partial charge in [0.1, 0.15) is 6.54 Å². The van der Waals surface area contributed by atoms with E-state index in [0.717, 1.165) is 5.69 Å². The van der Waals surface area contributed by atoms with Gasteiger partial charge in [-0.25, -0.2) is 4.79 Å². The van der Waals surface area contributed by atoms with Crippen molar-refractivity contribution in [2.45, 2.75) is 32.8 Å². The molecular weight excluding hydrogens is 294 g/mol. The Kier molecular flexibility index (Phi) is 5.60. The van der Waals surface area contributed by atoms with Crippen molar-refractivity contribution in [1.29, 1.82) is 0 Å². The first-order valence-electron chi connectivity index (χ1n) is 7.99. The molecule has 1 aliphatic heterocycles. The smallest absolute Gasteiger partial charge is 0.325 e. The fourth-order valence-corrected chi connectivity index (χ4v) is 2.50. The molecule has 1 saturated heterocycles. The third kappa shape index (κ3) is 4.45. The molecular formula is C17H25N3O3. The molecule has 0 bridgehead atoms. The summed E-state index contributed by atoms with van der Waals surface area (Å²) in [5, 5.41) is 11.8. The van der Waals surface area contributed by atoms with Crippen molar-refractivity contribution >= 4 is 17.6 Å². The van der Waals surface area contributed by atoms with Crippen molar-refractivity contribution in [1.82, 2.24) is 10.2 Å². The van der Waals surface area contributed by atoms with Gasteiger partial charge in [-0.05, 0) is 30.5 Å². The van der Waals surface area contributed by atoms with E-state index in [1.54, 1.807) is 11.8 Å². The molecule has 23 heavy (non-hydrogen) atoms. The Labute approximate surface area is 137 Å². The highest BCUT2D eigenvalue weighted by atomic mass is 16.3. The van der Waals surface area contributed by atoms with Gasteiger partial charge in [0.05, 0.1) is 6.10 Å². The van der Waals surface area contributed by atoms with Crippen LogP contribution in [0, 0.1) is 0 Å². The van der Waals surface area contributed by atoms with E-state index in [0.29, 0.717) is 19.0 Å². The van der Waals surface area contributed by atoms with E-state index in [4.69, 9.17) is 5.11 Å². The number of carbonyl (C=O) groups is 2. The lowest BCUT2D eigenvalue weighted by Crippen LogP contribution is -2.41. The van der Waals surface area contributed by atoms with Crippen LogP contribution in [-0.4, -0.2) is 54.2 Å². The first kappa shape index (κ1) is 17.3. The number of aliphatic hydroxyl groups is 1. The molecule has 6 nitrogen and oxygen atoms in total. The molecule has 0 radical (unpaired) electrons. The Hall–Kier alpha value is -2.08. The molecule has 1 aromatic carbocycles. The van der Waals surface area contributed by atoms with E-state index in [1.165, 1.54) is 10.5 Å². The minimum atomic E-state index is -0.593. The monoisotopic (exact) mass is 319 g/mol. The van der Waals surface area contributed by atoms with Crippen LogP contribution in [0.1, 0.15) is 32.3 Å². The lowest BCUT2D eigenvalue weighted by Gasteiger charge is -2.19. The first-order valence-corrected chi connectivity index (χ1v) is 7.99. The molecule has 3 amide bonds. The Morgan fingerprint density at radius 3 is 2.43 bits per heavy atom. The summed E-state index contributed by atoms with van der Waals surface area (Å²) in [6.07, 6.45) is -0.593. The van der Waals surface area contributed by atoms with Crippen LogP contribution >= 0.6 is 0 Å². The summed E-state index contributed by atoms with van der Waals surface area (Å²) in [4.78, 5) is 27.4. The zero-order valence-electron chi connectivity index (χ0n) is 14.0. The summed E-state index contributed by atoms with van der Waals surface area (Å²) in [6, 6.07) is 7.81. The molecule has 0 spiro atoms. The number of benzene rings is 1. The van der Waals surface area contributed by atoms with Crippen LogP contribution in [0.25, 0.3) is 0 Å². The summed E-state index contributed by atoms with van der Waals surface area (Å²) < 4.78 is 0. The first-order chi connectivity index (χ1) is 10.9. The van der Waals surface area contributed by atoms with E-state index in [2.05, 4.69) is 19.2 Å². The second-order valence-electron chi connectivity index (χ2n) is 6.26. The third-order valence-corrected chi connectivity index (χ3v) is 3.90. The molecule has 2 N–H and O–H groups in total. The molecule has 1 aromatic rings. The summed E-state index contributed by atoms with van der Waals surface area (Å²) in [7, 11) is 0.